The van der Waals surface area contributed by atoms with Crippen molar-refractivity contribution < 1.29 is 9.46 Å². The topological polar surface area (TPSA) is 49.3 Å². The third-order valence-electron chi connectivity index (χ3n) is 4.34. The van der Waals surface area contributed by atoms with Crippen LogP contribution in [0.4, 0.5) is 0 Å². The van der Waals surface area contributed by atoms with Gasteiger partial charge in [0.2, 0.25) is 0 Å². The van der Waals surface area contributed by atoms with Crippen LogP contribution in [0.2, 0.25) is 0 Å². The molecule has 0 saturated carbocycles. The van der Waals surface area contributed by atoms with Gasteiger partial charge in [-0.25, -0.2) is 0 Å². The van der Waals surface area contributed by atoms with E-state index in [0.29, 0.717) is 6.16 Å². The van der Waals surface area contributed by atoms with Gasteiger partial charge in [0.25, 0.3) is 0 Å². The average Bonchev–Trinajstić information content (AvgIpc) is 2.63. The third-order valence-corrected chi connectivity index (χ3v) is 5.04. The second-order valence-corrected chi connectivity index (χ2v) is 7.61. The fourth-order valence-electron chi connectivity index (χ4n) is 2.83. The molecule has 0 spiro atoms. The van der Waals surface area contributed by atoms with Crippen LogP contribution in [0.15, 0.2) is 48.5 Å². The predicted molar refractivity (Wildman–Crippen MR) is 106 cm³/mol. The molecule has 1 atom stereocenters. The van der Waals surface area contributed by atoms with Crippen molar-refractivity contribution in [1.82, 2.24) is 5.32 Å². The van der Waals surface area contributed by atoms with Gasteiger partial charge in [0.1, 0.15) is 0 Å². The molecule has 0 amide bonds. The van der Waals surface area contributed by atoms with Crippen LogP contribution in [0.5, 0.6) is 0 Å². The Bertz CT molecular complexity index is 638. The van der Waals surface area contributed by atoms with Gasteiger partial charge in [-0.05, 0) is 46.2 Å². The Labute approximate surface area is 152 Å². The van der Waals surface area contributed by atoms with Gasteiger partial charge in [-0.3, -0.25) is 0 Å². The van der Waals surface area contributed by atoms with Crippen LogP contribution >= 0.6 is 8.03 Å². The van der Waals surface area contributed by atoms with E-state index in [1.165, 1.54) is 47.9 Å². The summed E-state index contributed by atoms with van der Waals surface area (Å²) < 4.78 is 10.6. The monoisotopic (exact) mass is 358 g/mol. The van der Waals surface area contributed by atoms with Crippen LogP contribution < -0.4 is 5.32 Å². The molecule has 2 rings (SSSR count). The van der Waals surface area contributed by atoms with Crippen LogP contribution in [0.1, 0.15) is 43.7 Å². The summed E-state index contributed by atoms with van der Waals surface area (Å²) in [5.41, 5.74) is 5.14. The molecule has 3 nitrogen and oxygen atoms in total. The molecule has 2 aromatic rings. The fraction of sp³-hybridized carbons (Fsp3) is 0.429. The van der Waals surface area contributed by atoms with E-state index in [1.807, 2.05) is 0 Å². The summed E-state index contributed by atoms with van der Waals surface area (Å²) in [7, 11) is -2.00. The van der Waals surface area contributed by atoms with E-state index in [2.05, 4.69) is 60.8 Å². The number of nitrogens with one attached hydrogen (secondary N) is 1. The standard InChI is InChI=1S/C21H28NO2P/c1-2-3-4-6-18-7-11-20(12-8-18)21-13-9-19(10-14-21)17-22-15-5-16-25(23)24/h7-14,22H,2-6,15-17H2,1H3/p+1. The second-order valence-electron chi connectivity index (χ2n) is 6.46. The van der Waals surface area contributed by atoms with Gasteiger partial charge < -0.3 is 5.32 Å². The summed E-state index contributed by atoms with van der Waals surface area (Å²) in [6.07, 6.45) is 6.11. The van der Waals surface area contributed by atoms with Crippen LogP contribution in [0.25, 0.3) is 11.1 Å². The van der Waals surface area contributed by atoms with Crippen molar-refractivity contribution in [1.29, 1.82) is 0 Å². The minimum atomic E-state index is -2.00. The Kier molecular flexibility index (Phi) is 8.82. The number of unbranched alkanes of at least 4 members (excludes halogenated alkanes) is 2. The van der Waals surface area contributed by atoms with Crippen LogP contribution in [0.3, 0.4) is 0 Å². The molecule has 0 bridgehead atoms. The van der Waals surface area contributed by atoms with E-state index in [1.54, 1.807) is 0 Å². The van der Waals surface area contributed by atoms with Crippen molar-refractivity contribution in [2.75, 3.05) is 12.7 Å². The lowest BCUT2D eigenvalue weighted by Crippen LogP contribution is -2.15. The molecule has 0 aliphatic heterocycles. The zero-order chi connectivity index (χ0) is 17.9. The second kappa shape index (κ2) is 11.1. The highest BCUT2D eigenvalue weighted by atomic mass is 31.1. The lowest BCUT2D eigenvalue weighted by molar-refractivity contribution is 0.499. The minimum Gasteiger partial charge on any atom is -0.313 e. The van der Waals surface area contributed by atoms with E-state index >= 15 is 0 Å². The molecule has 0 aliphatic rings. The molecule has 2 N–H and O–H groups in total. The molecule has 1 unspecified atom stereocenters. The summed E-state index contributed by atoms with van der Waals surface area (Å²) in [6.45, 7) is 3.79. The average molecular weight is 358 g/mol. The van der Waals surface area contributed by atoms with Crippen molar-refractivity contribution >= 4 is 8.03 Å². The Morgan fingerprint density at radius 1 is 0.880 bits per heavy atom. The SMILES string of the molecule is CCCCCc1ccc(-c2ccc(CNCCC[P+](=O)O)cc2)cc1. The maximum absolute atomic E-state index is 10.6. The van der Waals surface area contributed by atoms with E-state index in [9.17, 15) is 4.57 Å². The quantitative estimate of drug-likeness (QED) is 0.423. The molecule has 0 aliphatic carbocycles. The summed E-state index contributed by atoms with van der Waals surface area (Å²) in [5.74, 6) is 0. The molecule has 0 radical (unpaired) electrons. The Hall–Kier alpha value is -1.54. The molecular formula is C21H29NO2P+. The van der Waals surface area contributed by atoms with Crippen molar-refractivity contribution in [2.24, 2.45) is 0 Å². The van der Waals surface area contributed by atoms with Crippen LogP contribution in [0, 0.1) is 0 Å². The van der Waals surface area contributed by atoms with Crippen molar-refractivity contribution in [3.63, 3.8) is 0 Å². The van der Waals surface area contributed by atoms with Gasteiger partial charge in [0, 0.05) is 13.0 Å². The largest absolute Gasteiger partial charge is 0.505 e. The molecule has 0 fully saturated rings. The lowest BCUT2D eigenvalue weighted by Gasteiger charge is -2.07. The van der Waals surface area contributed by atoms with Crippen LogP contribution in [-0.2, 0) is 17.5 Å². The number of rotatable bonds is 11. The zero-order valence-electron chi connectivity index (χ0n) is 15.1. The van der Waals surface area contributed by atoms with Crippen molar-refractivity contribution in [2.45, 2.75) is 45.6 Å². The van der Waals surface area contributed by atoms with Gasteiger partial charge in [-0.15, -0.1) is 0 Å². The van der Waals surface area contributed by atoms with E-state index in [4.69, 9.17) is 4.89 Å². The first kappa shape index (κ1) is 19.8. The number of aryl methyl sites for hydroxylation is 1. The van der Waals surface area contributed by atoms with Crippen molar-refractivity contribution in [3.05, 3.63) is 59.7 Å². The number of hydrogen-bond acceptors (Lipinski definition) is 2. The van der Waals surface area contributed by atoms with Gasteiger partial charge in [0.15, 0.2) is 6.16 Å². The first-order valence-corrected chi connectivity index (χ1v) is 10.6. The lowest BCUT2D eigenvalue weighted by atomic mass is 10.0. The molecule has 0 aromatic heterocycles. The molecule has 2 aromatic carbocycles. The maximum atomic E-state index is 10.6. The van der Waals surface area contributed by atoms with E-state index < -0.39 is 8.03 Å². The van der Waals surface area contributed by atoms with Gasteiger partial charge in [-0.2, -0.15) is 4.89 Å². The molecule has 0 heterocycles. The Morgan fingerprint density at radius 2 is 1.48 bits per heavy atom. The summed E-state index contributed by atoms with van der Waals surface area (Å²) in [5, 5.41) is 3.31. The van der Waals surface area contributed by atoms with Gasteiger partial charge in [0.05, 0.1) is 0 Å². The van der Waals surface area contributed by atoms with E-state index in [-0.39, 0.29) is 0 Å². The van der Waals surface area contributed by atoms with E-state index in [0.717, 1.165) is 19.5 Å². The van der Waals surface area contributed by atoms with Gasteiger partial charge >= 0.3 is 8.03 Å². The highest BCUT2D eigenvalue weighted by molar-refractivity contribution is 7.37. The summed E-state index contributed by atoms with van der Waals surface area (Å²) in [6, 6.07) is 17.5. The fourth-order valence-corrected chi connectivity index (χ4v) is 3.26. The first-order valence-electron chi connectivity index (χ1n) is 9.21. The highest BCUT2D eigenvalue weighted by Gasteiger charge is 2.07. The molecule has 134 valence electrons. The molecule has 4 heteroatoms. The molecule has 25 heavy (non-hydrogen) atoms. The van der Waals surface area contributed by atoms with Crippen molar-refractivity contribution in [3.8, 4) is 11.1 Å². The number of hydrogen-bond donors (Lipinski definition) is 2. The Balaban J connectivity index is 1.81. The zero-order valence-corrected chi connectivity index (χ0v) is 16.0. The predicted octanol–water partition coefficient (Wildman–Crippen LogP) is 5.30. The normalized spacial score (nSPS) is 11.5. The maximum Gasteiger partial charge on any atom is 0.505 e. The smallest absolute Gasteiger partial charge is 0.313 e. The first-order chi connectivity index (χ1) is 12.2. The number of benzene rings is 2. The van der Waals surface area contributed by atoms with Crippen LogP contribution in [-0.4, -0.2) is 17.6 Å². The minimum absolute atomic E-state index is 0.371. The summed E-state index contributed by atoms with van der Waals surface area (Å²) in [4.78, 5) is 8.76. The summed E-state index contributed by atoms with van der Waals surface area (Å²) >= 11 is 0. The molecule has 0 saturated heterocycles. The third kappa shape index (κ3) is 7.48. The highest BCUT2D eigenvalue weighted by Crippen LogP contribution is 2.21. The van der Waals surface area contributed by atoms with Gasteiger partial charge in [-0.1, -0.05) is 68.3 Å². The Morgan fingerprint density at radius 3 is 2.04 bits per heavy atom. The molecular weight excluding hydrogens is 329 g/mol.